The van der Waals surface area contributed by atoms with E-state index < -0.39 is 0 Å². The predicted octanol–water partition coefficient (Wildman–Crippen LogP) is 4.89. The highest BCUT2D eigenvalue weighted by molar-refractivity contribution is 6.62. The van der Waals surface area contributed by atoms with Crippen molar-refractivity contribution in [3.05, 3.63) is 77.4 Å². The molecule has 3 aliphatic heterocycles. The second-order valence-electron chi connectivity index (χ2n) is 10.5. The molecule has 2 saturated heterocycles. The first kappa shape index (κ1) is 21.0. The van der Waals surface area contributed by atoms with Crippen molar-refractivity contribution in [3.8, 4) is 0 Å². The van der Waals surface area contributed by atoms with Gasteiger partial charge in [-0.15, -0.1) is 0 Å². The van der Waals surface area contributed by atoms with E-state index in [1.54, 1.807) is 5.57 Å². The monoisotopic (exact) mass is 415 g/mol. The number of fused-ring (bicyclic) bond motifs is 2. The van der Waals surface area contributed by atoms with Crippen LogP contribution in [0, 0.1) is 0 Å². The minimum Gasteiger partial charge on any atom is -0.399 e. The molecule has 3 heterocycles. The van der Waals surface area contributed by atoms with Gasteiger partial charge in [0, 0.05) is 18.6 Å². The highest BCUT2D eigenvalue weighted by Gasteiger charge is 2.51. The van der Waals surface area contributed by atoms with Crippen LogP contribution in [0.2, 0.25) is 0 Å². The minimum atomic E-state index is -0.297. The maximum absolute atomic E-state index is 6.20. The molecular formula is C27H34BNO2. The van der Waals surface area contributed by atoms with E-state index in [4.69, 9.17) is 9.31 Å². The Morgan fingerprint density at radius 1 is 0.871 bits per heavy atom. The highest BCUT2D eigenvalue weighted by Crippen LogP contribution is 2.38. The van der Waals surface area contributed by atoms with Gasteiger partial charge in [0.05, 0.1) is 11.2 Å². The van der Waals surface area contributed by atoms with Crippen molar-refractivity contribution >= 4 is 12.6 Å². The predicted molar refractivity (Wildman–Crippen MR) is 127 cm³/mol. The third kappa shape index (κ3) is 4.14. The molecule has 5 rings (SSSR count). The number of hydrogen-bond acceptors (Lipinski definition) is 3. The molecule has 0 amide bonds. The van der Waals surface area contributed by atoms with Gasteiger partial charge in [-0.2, -0.15) is 0 Å². The molecule has 4 heteroatoms. The van der Waals surface area contributed by atoms with E-state index >= 15 is 0 Å². The first-order valence-electron chi connectivity index (χ1n) is 11.7. The Labute approximate surface area is 187 Å². The Kier molecular flexibility index (Phi) is 5.36. The van der Waals surface area contributed by atoms with Crippen LogP contribution < -0.4 is 5.46 Å². The lowest BCUT2D eigenvalue weighted by atomic mass is 9.78. The zero-order valence-electron chi connectivity index (χ0n) is 19.3. The molecule has 0 aliphatic carbocycles. The van der Waals surface area contributed by atoms with Crippen molar-refractivity contribution in [2.75, 3.05) is 0 Å². The van der Waals surface area contributed by atoms with Crippen molar-refractivity contribution < 1.29 is 9.31 Å². The van der Waals surface area contributed by atoms with Gasteiger partial charge in [0.1, 0.15) is 0 Å². The van der Waals surface area contributed by atoms with Gasteiger partial charge in [-0.05, 0) is 70.0 Å². The Hall–Kier alpha value is -1.88. The summed E-state index contributed by atoms with van der Waals surface area (Å²) in [4.78, 5) is 2.71. The molecule has 2 bridgehead atoms. The standard InChI is InChI=1S/C27H34BNO2/c1-26(2)27(3,4)31-28(30-26)23-12-10-20(11-13-23)16-22-17-24-14-15-25(18-22)29(24)19-21-8-6-5-7-9-21/h5-13,17,24-25H,14-16,18-19H2,1-4H3. The zero-order chi connectivity index (χ0) is 21.6. The van der Waals surface area contributed by atoms with Gasteiger partial charge in [-0.25, -0.2) is 0 Å². The van der Waals surface area contributed by atoms with Gasteiger partial charge < -0.3 is 9.31 Å². The lowest BCUT2D eigenvalue weighted by Gasteiger charge is -2.34. The van der Waals surface area contributed by atoms with Crippen molar-refractivity contribution in [1.82, 2.24) is 4.90 Å². The van der Waals surface area contributed by atoms with Crippen LogP contribution in [-0.2, 0) is 22.3 Å². The van der Waals surface area contributed by atoms with Crippen LogP contribution in [0.15, 0.2) is 66.2 Å². The number of nitrogens with zero attached hydrogens (tertiary/aromatic N) is 1. The Balaban J connectivity index is 1.24. The molecular weight excluding hydrogens is 381 g/mol. The molecule has 162 valence electrons. The largest absolute Gasteiger partial charge is 0.494 e. The van der Waals surface area contributed by atoms with Gasteiger partial charge in [-0.3, -0.25) is 4.90 Å². The van der Waals surface area contributed by atoms with E-state index in [0.29, 0.717) is 12.1 Å². The summed E-state index contributed by atoms with van der Waals surface area (Å²) in [6.45, 7) is 9.49. The quantitative estimate of drug-likeness (QED) is 0.513. The maximum Gasteiger partial charge on any atom is 0.494 e. The molecule has 3 nitrogen and oxygen atoms in total. The lowest BCUT2D eigenvalue weighted by molar-refractivity contribution is 0.00578. The average Bonchev–Trinajstić information content (AvgIpc) is 3.09. The first-order chi connectivity index (χ1) is 14.8. The first-order valence-corrected chi connectivity index (χ1v) is 11.7. The molecule has 2 fully saturated rings. The van der Waals surface area contributed by atoms with Crippen LogP contribution in [0.1, 0.15) is 58.1 Å². The molecule has 2 atom stereocenters. The summed E-state index contributed by atoms with van der Waals surface area (Å²) in [7, 11) is -0.282. The van der Waals surface area contributed by atoms with Crippen LogP contribution in [0.5, 0.6) is 0 Å². The van der Waals surface area contributed by atoms with E-state index in [0.717, 1.165) is 18.4 Å². The fourth-order valence-corrected chi connectivity index (χ4v) is 5.21. The number of benzene rings is 2. The Morgan fingerprint density at radius 2 is 1.55 bits per heavy atom. The molecule has 2 aromatic rings. The van der Waals surface area contributed by atoms with Crippen LogP contribution in [0.3, 0.4) is 0 Å². The second-order valence-corrected chi connectivity index (χ2v) is 10.5. The molecule has 0 N–H and O–H groups in total. The molecule has 2 aromatic carbocycles. The van der Waals surface area contributed by atoms with E-state index in [2.05, 4.69) is 93.3 Å². The number of hydrogen-bond donors (Lipinski definition) is 0. The summed E-state index contributed by atoms with van der Waals surface area (Å²) >= 11 is 0. The average molecular weight is 415 g/mol. The molecule has 2 unspecified atom stereocenters. The summed E-state index contributed by atoms with van der Waals surface area (Å²) in [5, 5.41) is 0. The van der Waals surface area contributed by atoms with E-state index in [9.17, 15) is 0 Å². The maximum atomic E-state index is 6.20. The van der Waals surface area contributed by atoms with Crippen LogP contribution in [0.4, 0.5) is 0 Å². The third-order valence-electron chi connectivity index (χ3n) is 7.76. The van der Waals surface area contributed by atoms with Crippen molar-refractivity contribution in [2.45, 2.75) is 83.2 Å². The minimum absolute atomic E-state index is 0.282. The normalized spacial score (nSPS) is 26.8. The fraction of sp³-hybridized carbons (Fsp3) is 0.481. The third-order valence-corrected chi connectivity index (χ3v) is 7.76. The highest BCUT2D eigenvalue weighted by atomic mass is 16.7. The van der Waals surface area contributed by atoms with Crippen molar-refractivity contribution in [1.29, 1.82) is 0 Å². The van der Waals surface area contributed by atoms with Gasteiger partial charge in [-0.1, -0.05) is 66.2 Å². The fourth-order valence-electron chi connectivity index (χ4n) is 5.21. The van der Waals surface area contributed by atoms with Crippen molar-refractivity contribution in [3.63, 3.8) is 0 Å². The molecule has 0 spiro atoms. The Morgan fingerprint density at radius 3 is 2.19 bits per heavy atom. The molecule has 0 aromatic heterocycles. The second kappa shape index (κ2) is 7.92. The lowest BCUT2D eigenvalue weighted by Crippen LogP contribution is -2.41. The van der Waals surface area contributed by atoms with Crippen LogP contribution >= 0.6 is 0 Å². The smallest absolute Gasteiger partial charge is 0.399 e. The number of rotatable bonds is 5. The summed E-state index contributed by atoms with van der Waals surface area (Å²) in [6.07, 6.45) is 7.41. The van der Waals surface area contributed by atoms with E-state index in [-0.39, 0.29) is 18.3 Å². The van der Waals surface area contributed by atoms with E-state index in [1.807, 2.05) is 0 Å². The van der Waals surface area contributed by atoms with Crippen LogP contribution in [-0.4, -0.2) is 35.3 Å². The summed E-state index contributed by atoms with van der Waals surface area (Å²) < 4.78 is 12.4. The van der Waals surface area contributed by atoms with Crippen LogP contribution in [0.25, 0.3) is 0 Å². The summed E-state index contributed by atoms with van der Waals surface area (Å²) in [5.41, 5.74) is 4.91. The van der Waals surface area contributed by atoms with E-state index in [1.165, 1.54) is 30.4 Å². The zero-order valence-corrected chi connectivity index (χ0v) is 19.3. The molecule has 31 heavy (non-hydrogen) atoms. The van der Waals surface area contributed by atoms with Crippen molar-refractivity contribution in [2.24, 2.45) is 0 Å². The molecule has 0 saturated carbocycles. The molecule has 0 radical (unpaired) electrons. The summed E-state index contributed by atoms with van der Waals surface area (Å²) in [6, 6.07) is 21.0. The van der Waals surface area contributed by atoms with Gasteiger partial charge in [0.25, 0.3) is 0 Å². The van der Waals surface area contributed by atoms with Gasteiger partial charge in [0.2, 0.25) is 0 Å². The van der Waals surface area contributed by atoms with Gasteiger partial charge in [0.15, 0.2) is 0 Å². The molecule has 3 aliphatic rings. The SMILES string of the molecule is CC1(C)OB(c2ccc(CC3=CC4CCC(C3)N4Cc3ccccc3)cc2)OC1(C)C. The summed E-state index contributed by atoms with van der Waals surface area (Å²) in [5.74, 6) is 0. The van der Waals surface area contributed by atoms with Gasteiger partial charge >= 0.3 is 7.12 Å². The topological polar surface area (TPSA) is 21.7 Å². The Bertz CT molecular complexity index is 935.